The molecule has 0 saturated carbocycles. The number of hydrogen-bond acceptors (Lipinski definition) is 8. The van der Waals surface area contributed by atoms with Gasteiger partial charge in [-0.1, -0.05) is 36.4 Å². The van der Waals surface area contributed by atoms with E-state index in [2.05, 4.69) is 0 Å². The van der Waals surface area contributed by atoms with Crippen molar-refractivity contribution >= 4 is 17.8 Å². The lowest BCUT2D eigenvalue weighted by molar-refractivity contribution is -0.150. The van der Waals surface area contributed by atoms with Crippen LogP contribution in [0.2, 0.25) is 0 Å². The summed E-state index contributed by atoms with van der Waals surface area (Å²) in [6.45, 7) is 7.69. The summed E-state index contributed by atoms with van der Waals surface area (Å²) in [5, 5.41) is 0. The predicted molar refractivity (Wildman–Crippen MR) is 145 cm³/mol. The van der Waals surface area contributed by atoms with Gasteiger partial charge in [-0.05, 0) is 57.4 Å². The van der Waals surface area contributed by atoms with Crippen molar-refractivity contribution in [1.29, 1.82) is 0 Å². The molecule has 0 bridgehead atoms. The van der Waals surface area contributed by atoms with Crippen LogP contribution in [0.5, 0.6) is 11.5 Å². The van der Waals surface area contributed by atoms with Crippen molar-refractivity contribution in [3.8, 4) is 11.5 Å². The smallest absolute Gasteiger partial charge is 0.411 e. The first-order valence-electron chi connectivity index (χ1n) is 13.1. The molecule has 0 aromatic heterocycles. The Hall–Kier alpha value is -3.59. The second kappa shape index (κ2) is 13.5. The predicted octanol–water partition coefficient (Wildman–Crippen LogP) is 5.11. The van der Waals surface area contributed by atoms with Gasteiger partial charge in [-0.2, -0.15) is 0 Å². The van der Waals surface area contributed by atoms with Gasteiger partial charge in [0.15, 0.2) is 11.5 Å². The number of benzene rings is 2. The first-order valence-corrected chi connectivity index (χ1v) is 13.1. The minimum Gasteiger partial charge on any atom is -0.493 e. The van der Waals surface area contributed by atoms with Crippen LogP contribution in [0.15, 0.2) is 48.5 Å². The zero-order valence-electron chi connectivity index (χ0n) is 23.6. The number of methoxy groups -OCH3 is 2. The molecule has 212 valence electrons. The van der Waals surface area contributed by atoms with Crippen molar-refractivity contribution in [2.45, 2.75) is 64.8 Å². The van der Waals surface area contributed by atoms with Crippen molar-refractivity contribution < 1.29 is 38.1 Å². The molecule has 1 saturated heterocycles. The molecule has 1 aliphatic rings. The number of esters is 1. The highest BCUT2D eigenvalue weighted by Crippen LogP contribution is 2.45. The summed E-state index contributed by atoms with van der Waals surface area (Å²) in [7, 11) is 3.16. The zero-order chi connectivity index (χ0) is 28.6. The number of likely N-dealkylation sites (tertiary alicyclic amines) is 1. The van der Waals surface area contributed by atoms with Gasteiger partial charge in [0.25, 0.3) is 0 Å². The van der Waals surface area contributed by atoms with E-state index < -0.39 is 35.7 Å². The minimum atomic E-state index is -1.00. The van der Waals surface area contributed by atoms with Gasteiger partial charge in [0.2, 0.25) is 0 Å². The van der Waals surface area contributed by atoms with Crippen LogP contribution in [0, 0.1) is 5.92 Å². The third-order valence-corrected chi connectivity index (χ3v) is 6.40. The standard InChI is InChI=1S/C30H39NO8/c1-20(32)23-18-24(28(33)38-19-21-11-8-7-9-12-21)31(29(34)39-30(2,3)4)27(23)22-13-14-25(36-6)26(17-22)37-16-10-15-35-5/h7-9,11-14,17,23-24,27H,10,15-16,18-19H2,1-6H3/t23-,24+,27+/m1/s1. The first-order chi connectivity index (χ1) is 18.6. The van der Waals surface area contributed by atoms with Gasteiger partial charge in [-0.25, -0.2) is 9.59 Å². The molecule has 1 aliphatic heterocycles. The Bertz CT molecular complexity index is 1130. The van der Waals surface area contributed by atoms with Gasteiger partial charge in [-0.3, -0.25) is 9.69 Å². The van der Waals surface area contributed by atoms with E-state index in [1.54, 1.807) is 46.1 Å². The minimum absolute atomic E-state index is 0.0513. The third-order valence-electron chi connectivity index (χ3n) is 6.40. The van der Waals surface area contributed by atoms with Crippen LogP contribution < -0.4 is 9.47 Å². The highest BCUT2D eigenvalue weighted by atomic mass is 16.6. The van der Waals surface area contributed by atoms with E-state index in [4.69, 9.17) is 23.7 Å². The van der Waals surface area contributed by atoms with Crippen molar-refractivity contribution in [3.63, 3.8) is 0 Å². The fourth-order valence-electron chi connectivity index (χ4n) is 4.62. The Labute approximate surface area is 230 Å². The SMILES string of the molecule is COCCCOc1cc([C@H]2[C@@H](C(C)=O)C[C@@H](C(=O)OCc3ccccc3)N2C(=O)OC(C)(C)C)ccc1OC. The van der Waals surface area contributed by atoms with Crippen LogP contribution in [0.1, 0.15) is 57.7 Å². The average Bonchev–Trinajstić information content (AvgIpc) is 3.31. The molecule has 3 atom stereocenters. The largest absolute Gasteiger partial charge is 0.493 e. The number of nitrogens with zero attached hydrogens (tertiary/aromatic N) is 1. The van der Waals surface area contributed by atoms with Gasteiger partial charge < -0.3 is 23.7 Å². The molecule has 0 unspecified atom stereocenters. The van der Waals surface area contributed by atoms with Gasteiger partial charge in [-0.15, -0.1) is 0 Å². The van der Waals surface area contributed by atoms with Crippen LogP contribution in [-0.4, -0.2) is 61.8 Å². The normalized spacial score (nSPS) is 18.9. The summed E-state index contributed by atoms with van der Waals surface area (Å²) in [5.41, 5.74) is 0.629. The maximum atomic E-state index is 13.6. The monoisotopic (exact) mass is 541 g/mol. The van der Waals surface area contributed by atoms with Crippen molar-refractivity contribution in [2.75, 3.05) is 27.4 Å². The Kier molecular flexibility index (Phi) is 10.3. The molecule has 1 fully saturated rings. The molecule has 1 amide bonds. The number of hydrogen-bond donors (Lipinski definition) is 0. The molecule has 39 heavy (non-hydrogen) atoms. The molecule has 0 aliphatic carbocycles. The molecule has 1 heterocycles. The number of ether oxygens (including phenoxy) is 5. The average molecular weight is 542 g/mol. The second-order valence-corrected chi connectivity index (χ2v) is 10.5. The zero-order valence-corrected chi connectivity index (χ0v) is 23.6. The molecular weight excluding hydrogens is 502 g/mol. The van der Waals surface area contributed by atoms with Gasteiger partial charge in [0.1, 0.15) is 24.0 Å². The number of carbonyl (C=O) groups is 3. The van der Waals surface area contributed by atoms with Crippen molar-refractivity contribution in [3.05, 3.63) is 59.7 Å². The quantitative estimate of drug-likeness (QED) is 0.286. The van der Waals surface area contributed by atoms with Gasteiger partial charge >= 0.3 is 12.1 Å². The van der Waals surface area contributed by atoms with E-state index in [0.29, 0.717) is 36.7 Å². The molecule has 0 radical (unpaired) electrons. The van der Waals surface area contributed by atoms with E-state index in [-0.39, 0.29) is 18.8 Å². The van der Waals surface area contributed by atoms with E-state index >= 15 is 0 Å². The molecule has 2 aromatic rings. The Morgan fingerprint density at radius 3 is 2.31 bits per heavy atom. The Morgan fingerprint density at radius 1 is 0.974 bits per heavy atom. The molecule has 9 nitrogen and oxygen atoms in total. The summed E-state index contributed by atoms with van der Waals surface area (Å²) < 4.78 is 27.8. The molecule has 2 aromatic carbocycles. The Morgan fingerprint density at radius 2 is 1.69 bits per heavy atom. The van der Waals surface area contributed by atoms with Crippen LogP contribution in [0.3, 0.4) is 0 Å². The summed E-state index contributed by atoms with van der Waals surface area (Å²) in [6, 6.07) is 12.8. The van der Waals surface area contributed by atoms with Crippen molar-refractivity contribution in [1.82, 2.24) is 4.90 Å². The van der Waals surface area contributed by atoms with Gasteiger partial charge in [0, 0.05) is 26.1 Å². The molecule has 3 rings (SSSR count). The molecular formula is C30H39NO8. The van der Waals surface area contributed by atoms with Crippen LogP contribution in [0.4, 0.5) is 4.79 Å². The fourth-order valence-corrected chi connectivity index (χ4v) is 4.62. The molecule has 0 spiro atoms. The highest BCUT2D eigenvalue weighted by molar-refractivity contribution is 5.87. The lowest BCUT2D eigenvalue weighted by atomic mass is 9.90. The summed E-state index contributed by atoms with van der Waals surface area (Å²) in [6.07, 6.45) is 0.0855. The maximum absolute atomic E-state index is 13.6. The lowest BCUT2D eigenvalue weighted by Crippen LogP contribution is -2.45. The summed E-state index contributed by atoms with van der Waals surface area (Å²) in [5.74, 6) is -0.418. The Balaban J connectivity index is 1.98. The van der Waals surface area contributed by atoms with Crippen LogP contribution in [-0.2, 0) is 30.4 Å². The van der Waals surface area contributed by atoms with E-state index in [0.717, 1.165) is 5.56 Å². The van der Waals surface area contributed by atoms with E-state index in [1.165, 1.54) is 18.9 Å². The first kappa shape index (κ1) is 30.0. The number of carbonyl (C=O) groups excluding carboxylic acids is 3. The van der Waals surface area contributed by atoms with E-state index in [9.17, 15) is 14.4 Å². The molecule has 9 heteroatoms. The summed E-state index contributed by atoms with van der Waals surface area (Å²) in [4.78, 5) is 41.2. The number of rotatable bonds is 11. The van der Waals surface area contributed by atoms with E-state index in [1.807, 2.05) is 30.3 Å². The number of Topliss-reactive ketones (excluding diaryl/α,β-unsaturated/α-hetero) is 1. The highest BCUT2D eigenvalue weighted by Gasteiger charge is 2.51. The molecule has 0 N–H and O–H groups in total. The summed E-state index contributed by atoms with van der Waals surface area (Å²) >= 11 is 0. The fraction of sp³-hybridized carbons (Fsp3) is 0.500. The van der Waals surface area contributed by atoms with Crippen molar-refractivity contribution in [2.24, 2.45) is 5.92 Å². The van der Waals surface area contributed by atoms with Crippen LogP contribution in [0.25, 0.3) is 0 Å². The maximum Gasteiger partial charge on any atom is 0.411 e. The topological polar surface area (TPSA) is 101 Å². The van der Waals surface area contributed by atoms with Gasteiger partial charge in [0.05, 0.1) is 19.8 Å². The third kappa shape index (κ3) is 7.95. The number of amides is 1. The number of ketones is 1. The second-order valence-electron chi connectivity index (χ2n) is 10.5. The lowest BCUT2D eigenvalue weighted by Gasteiger charge is -2.33. The van der Waals surface area contributed by atoms with Crippen LogP contribution >= 0.6 is 0 Å².